The first-order chi connectivity index (χ1) is 10.1. The number of nitrogens with one attached hydrogen (secondary N) is 1. The Bertz CT molecular complexity index is 826. The molecule has 3 rings (SSSR count). The van der Waals surface area contributed by atoms with Crippen LogP contribution < -0.4 is 16.8 Å². The number of nitrogens with two attached hydrogens (primary N) is 2. The van der Waals surface area contributed by atoms with E-state index >= 15 is 0 Å². The molecule has 5 N–H and O–H groups in total. The highest BCUT2D eigenvalue weighted by atomic mass is 16.1. The molecular formula is C15H13N5O. The van der Waals surface area contributed by atoms with Gasteiger partial charge in [-0.3, -0.25) is 9.78 Å². The van der Waals surface area contributed by atoms with Gasteiger partial charge in [-0.25, -0.2) is 4.98 Å². The second kappa shape index (κ2) is 5.09. The number of fused-ring (bicyclic) bond motifs is 1. The van der Waals surface area contributed by atoms with Gasteiger partial charge >= 0.3 is 0 Å². The number of primary amides is 1. The van der Waals surface area contributed by atoms with E-state index < -0.39 is 5.91 Å². The average Bonchev–Trinajstić information content (AvgIpc) is 2.49. The van der Waals surface area contributed by atoms with Crippen molar-refractivity contribution in [2.45, 2.75) is 0 Å². The second-order valence-corrected chi connectivity index (χ2v) is 4.55. The molecule has 0 saturated carbocycles. The number of benzene rings is 1. The lowest BCUT2D eigenvalue weighted by molar-refractivity contribution is 0.100. The van der Waals surface area contributed by atoms with Gasteiger partial charge in [0.25, 0.3) is 5.91 Å². The number of rotatable bonds is 3. The molecule has 0 saturated heterocycles. The van der Waals surface area contributed by atoms with Gasteiger partial charge in [-0.15, -0.1) is 0 Å². The molecule has 21 heavy (non-hydrogen) atoms. The van der Waals surface area contributed by atoms with Crippen LogP contribution in [0.5, 0.6) is 0 Å². The quantitative estimate of drug-likeness (QED) is 0.680. The molecule has 3 aromatic rings. The van der Waals surface area contributed by atoms with Gasteiger partial charge in [0.05, 0.1) is 17.4 Å². The molecule has 2 aromatic heterocycles. The predicted molar refractivity (Wildman–Crippen MR) is 82.2 cm³/mol. The van der Waals surface area contributed by atoms with Crippen LogP contribution in [0.3, 0.4) is 0 Å². The minimum absolute atomic E-state index is 0.242. The van der Waals surface area contributed by atoms with Gasteiger partial charge < -0.3 is 16.8 Å². The Morgan fingerprint density at radius 2 is 2.05 bits per heavy atom. The summed E-state index contributed by atoms with van der Waals surface area (Å²) < 4.78 is 0. The summed E-state index contributed by atoms with van der Waals surface area (Å²) in [6.45, 7) is 0. The van der Waals surface area contributed by atoms with E-state index in [2.05, 4.69) is 15.3 Å². The Kier molecular flexibility index (Phi) is 3.12. The predicted octanol–water partition coefficient (Wildman–Crippen LogP) is 2.05. The molecule has 0 atom stereocenters. The lowest BCUT2D eigenvalue weighted by Gasteiger charge is -2.10. The third-order valence-corrected chi connectivity index (χ3v) is 3.15. The van der Waals surface area contributed by atoms with E-state index in [0.29, 0.717) is 5.82 Å². The van der Waals surface area contributed by atoms with Crippen LogP contribution in [0.2, 0.25) is 0 Å². The zero-order valence-electron chi connectivity index (χ0n) is 11.1. The van der Waals surface area contributed by atoms with Gasteiger partial charge in [0.2, 0.25) is 0 Å². The number of nitrogen functional groups attached to an aromatic ring is 1. The highest BCUT2D eigenvalue weighted by Crippen LogP contribution is 2.25. The number of carbonyl (C=O) groups excluding carboxylic acids is 1. The van der Waals surface area contributed by atoms with Crippen LogP contribution in [0.15, 0.2) is 48.9 Å². The van der Waals surface area contributed by atoms with Crippen LogP contribution in [0, 0.1) is 0 Å². The summed E-state index contributed by atoms with van der Waals surface area (Å²) in [5.41, 5.74) is 12.3. The number of nitrogens with zero attached hydrogens (tertiary/aromatic N) is 2. The minimum atomic E-state index is -0.586. The number of carbonyl (C=O) groups is 1. The van der Waals surface area contributed by atoms with Crippen molar-refractivity contribution in [1.29, 1.82) is 0 Å². The molecular weight excluding hydrogens is 266 g/mol. The van der Waals surface area contributed by atoms with Crippen LogP contribution >= 0.6 is 0 Å². The fourth-order valence-electron chi connectivity index (χ4n) is 2.11. The zero-order chi connectivity index (χ0) is 14.8. The third kappa shape index (κ3) is 2.46. The molecule has 0 spiro atoms. The molecule has 1 amide bonds. The van der Waals surface area contributed by atoms with E-state index in [0.717, 1.165) is 16.5 Å². The van der Waals surface area contributed by atoms with E-state index in [4.69, 9.17) is 11.5 Å². The molecule has 0 radical (unpaired) electrons. The van der Waals surface area contributed by atoms with Gasteiger partial charge in [0, 0.05) is 23.5 Å². The number of anilines is 3. The zero-order valence-corrected chi connectivity index (χ0v) is 11.1. The monoisotopic (exact) mass is 279 g/mol. The van der Waals surface area contributed by atoms with Crippen molar-refractivity contribution in [2.24, 2.45) is 5.73 Å². The number of amides is 1. The molecule has 6 heteroatoms. The first-order valence-electron chi connectivity index (χ1n) is 6.30. The maximum atomic E-state index is 11.3. The van der Waals surface area contributed by atoms with Gasteiger partial charge in [0.15, 0.2) is 0 Å². The number of hydrogen-bond donors (Lipinski definition) is 3. The molecule has 0 fully saturated rings. The van der Waals surface area contributed by atoms with Gasteiger partial charge in [-0.2, -0.15) is 0 Å². The van der Waals surface area contributed by atoms with E-state index in [9.17, 15) is 4.79 Å². The molecule has 2 heterocycles. The minimum Gasteiger partial charge on any atom is -0.397 e. The van der Waals surface area contributed by atoms with Crippen molar-refractivity contribution < 1.29 is 4.79 Å². The largest absolute Gasteiger partial charge is 0.397 e. The van der Waals surface area contributed by atoms with Gasteiger partial charge in [0.1, 0.15) is 5.82 Å². The van der Waals surface area contributed by atoms with E-state index in [1.807, 2.05) is 24.3 Å². The number of aromatic nitrogens is 2. The summed E-state index contributed by atoms with van der Waals surface area (Å²) in [5.74, 6) is -0.0908. The Morgan fingerprint density at radius 3 is 2.86 bits per heavy atom. The number of pyridine rings is 2. The molecule has 1 aromatic carbocycles. The van der Waals surface area contributed by atoms with Crippen LogP contribution in [0.25, 0.3) is 10.8 Å². The maximum absolute atomic E-state index is 11.3. The highest BCUT2D eigenvalue weighted by Gasteiger charge is 2.09. The summed E-state index contributed by atoms with van der Waals surface area (Å²) in [7, 11) is 0. The second-order valence-electron chi connectivity index (χ2n) is 4.55. The normalized spacial score (nSPS) is 10.5. The van der Waals surface area contributed by atoms with Gasteiger partial charge in [-0.1, -0.05) is 12.1 Å². The fourth-order valence-corrected chi connectivity index (χ4v) is 2.11. The standard InChI is InChI=1S/C15H13N5O/c16-12-8-19-14(6-10(12)15(17)21)20-13-3-1-2-9-4-5-18-7-11(9)13/h1-8H,16H2,(H2,17,21)(H,19,20). The molecule has 104 valence electrons. The SMILES string of the molecule is NC(=O)c1cc(Nc2cccc3ccncc23)ncc1N. The van der Waals surface area contributed by atoms with Crippen molar-refractivity contribution in [3.8, 4) is 0 Å². The lowest BCUT2D eigenvalue weighted by Crippen LogP contribution is -2.14. The van der Waals surface area contributed by atoms with Crippen molar-refractivity contribution in [3.05, 3.63) is 54.5 Å². The Morgan fingerprint density at radius 1 is 1.19 bits per heavy atom. The number of hydrogen-bond acceptors (Lipinski definition) is 5. The Hall–Kier alpha value is -3.15. The lowest BCUT2D eigenvalue weighted by atomic mass is 10.1. The van der Waals surface area contributed by atoms with Crippen LogP contribution in [-0.2, 0) is 0 Å². The molecule has 0 bridgehead atoms. The van der Waals surface area contributed by atoms with E-state index in [-0.39, 0.29) is 11.3 Å². The van der Waals surface area contributed by atoms with Crippen molar-refractivity contribution in [2.75, 3.05) is 11.1 Å². The molecule has 6 nitrogen and oxygen atoms in total. The summed E-state index contributed by atoms with van der Waals surface area (Å²) in [6.07, 6.45) is 4.91. The highest BCUT2D eigenvalue weighted by molar-refractivity contribution is 5.99. The summed E-state index contributed by atoms with van der Waals surface area (Å²) in [4.78, 5) is 19.6. The van der Waals surface area contributed by atoms with Gasteiger partial charge in [-0.05, 0) is 23.6 Å². The van der Waals surface area contributed by atoms with Crippen molar-refractivity contribution in [1.82, 2.24) is 9.97 Å². The first kappa shape index (κ1) is 12.9. The third-order valence-electron chi connectivity index (χ3n) is 3.15. The molecule has 0 aliphatic heterocycles. The topological polar surface area (TPSA) is 107 Å². The molecule has 0 aliphatic rings. The van der Waals surface area contributed by atoms with Crippen molar-refractivity contribution >= 4 is 33.9 Å². The van der Waals surface area contributed by atoms with Crippen LogP contribution in [-0.4, -0.2) is 15.9 Å². The maximum Gasteiger partial charge on any atom is 0.250 e. The molecule has 0 unspecified atom stereocenters. The fraction of sp³-hybridized carbons (Fsp3) is 0. The first-order valence-corrected chi connectivity index (χ1v) is 6.30. The Balaban J connectivity index is 2.03. The van der Waals surface area contributed by atoms with Crippen LogP contribution in [0.4, 0.5) is 17.2 Å². The van der Waals surface area contributed by atoms with Crippen molar-refractivity contribution in [3.63, 3.8) is 0 Å². The van der Waals surface area contributed by atoms with Crippen LogP contribution in [0.1, 0.15) is 10.4 Å². The summed E-state index contributed by atoms with van der Waals surface area (Å²) in [5, 5.41) is 5.17. The summed E-state index contributed by atoms with van der Waals surface area (Å²) >= 11 is 0. The van der Waals surface area contributed by atoms with E-state index in [1.165, 1.54) is 12.3 Å². The summed E-state index contributed by atoms with van der Waals surface area (Å²) in [6, 6.07) is 9.29. The molecule has 0 aliphatic carbocycles. The average molecular weight is 279 g/mol. The Labute approximate surface area is 120 Å². The van der Waals surface area contributed by atoms with E-state index in [1.54, 1.807) is 12.4 Å². The smallest absolute Gasteiger partial charge is 0.250 e.